The second-order valence-electron chi connectivity index (χ2n) is 5.12. The molecule has 0 aliphatic rings. The Balaban J connectivity index is 2.19. The number of nitrogens with one attached hydrogen (secondary N) is 1. The van der Waals surface area contributed by atoms with Gasteiger partial charge in [-0.3, -0.25) is 4.68 Å². The van der Waals surface area contributed by atoms with Crippen molar-refractivity contribution in [1.29, 1.82) is 0 Å². The fraction of sp³-hybridized carbons (Fsp3) is 0.500. The standard InChI is InChI=1S/C16H24N4/c1-4-9-17-15(14-8-6-7-13(3)10-14)11-16-18-12-19-20(16)5-2/h6-8,10,12,15,17H,4-5,9,11H2,1-3H3. The largest absolute Gasteiger partial charge is 0.310 e. The van der Waals surface area contributed by atoms with Crippen molar-refractivity contribution in [1.82, 2.24) is 20.1 Å². The minimum absolute atomic E-state index is 0.296. The molecule has 0 amide bonds. The second-order valence-corrected chi connectivity index (χ2v) is 5.12. The van der Waals surface area contributed by atoms with Crippen molar-refractivity contribution < 1.29 is 0 Å². The lowest BCUT2D eigenvalue weighted by molar-refractivity contribution is 0.496. The summed E-state index contributed by atoms with van der Waals surface area (Å²) in [5, 5.41) is 7.88. The Morgan fingerprint density at radius 2 is 2.15 bits per heavy atom. The first kappa shape index (κ1) is 14.7. The Kier molecular flexibility index (Phi) is 5.30. The maximum Gasteiger partial charge on any atom is 0.138 e. The molecule has 4 nitrogen and oxygen atoms in total. The number of nitrogens with zero attached hydrogens (tertiary/aromatic N) is 3. The van der Waals surface area contributed by atoms with E-state index in [9.17, 15) is 0 Å². The van der Waals surface area contributed by atoms with Crippen LogP contribution in [-0.4, -0.2) is 21.3 Å². The number of aryl methyl sites for hydroxylation is 2. The predicted octanol–water partition coefficient (Wildman–Crippen LogP) is 2.89. The van der Waals surface area contributed by atoms with E-state index in [1.807, 2.05) is 4.68 Å². The molecule has 0 fully saturated rings. The van der Waals surface area contributed by atoms with E-state index in [1.54, 1.807) is 6.33 Å². The predicted molar refractivity (Wildman–Crippen MR) is 81.6 cm³/mol. The Bertz CT molecular complexity index is 533. The molecule has 0 saturated carbocycles. The van der Waals surface area contributed by atoms with E-state index in [2.05, 4.69) is 60.4 Å². The van der Waals surface area contributed by atoms with E-state index in [0.29, 0.717) is 6.04 Å². The van der Waals surface area contributed by atoms with Gasteiger partial charge in [0.2, 0.25) is 0 Å². The number of rotatable bonds is 7. The van der Waals surface area contributed by atoms with Crippen LogP contribution >= 0.6 is 0 Å². The van der Waals surface area contributed by atoms with E-state index >= 15 is 0 Å². The molecule has 1 atom stereocenters. The van der Waals surface area contributed by atoms with Gasteiger partial charge in [0.1, 0.15) is 12.2 Å². The monoisotopic (exact) mass is 272 g/mol. The van der Waals surface area contributed by atoms with Crippen LogP contribution in [0.25, 0.3) is 0 Å². The molecule has 20 heavy (non-hydrogen) atoms. The highest BCUT2D eigenvalue weighted by Gasteiger charge is 2.15. The topological polar surface area (TPSA) is 42.7 Å². The Morgan fingerprint density at radius 3 is 2.85 bits per heavy atom. The molecule has 1 unspecified atom stereocenters. The lowest BCUT2D eigenvalue weighted by Gasteiger charge is -2.19. The zero-order valence-corrected chi connectivity index (χ0v) is 12.6. The van der Waals surface area contributed by atoms with Crippen LogP contribution in [-0.2, 0) is 13.0 Å². The fourth-order valence-electron chi connectivity index (χ4n) is 2.41. The summed E-state index contributed by atoms with van der Waals surface area (Å²) in [5.74, 6) is 1.04. The molecule has 0 aliphatic carbocycles. The first-order chi connectivity index (χ1) is 9.74. The molecular weight excluding hydrogens is 248 g/mol. The van der Waals surface area contributed by atoms with E-state index in [4.69, 9.17) is 0 Å². The molecule has 1 heterocycles. The van der Waals surface area contributed by atoms with Gasteiger partial charge in [-0.1, -0.05) is 36.8 Å². The van der Waals surface area contributed by atoms with Gasteiger partial charge in [-0.05, 0) is 32.4 Å². The van der Waals surface area contributed by atoms with Gasteiger partial charge in [0.05, 0.1) is 0 Å². The van der Waals surface area contributed by atoms with Gasteiger partial charge in [0, 0.05) is 19.0 Å². The summed E-state index contributed by atoms with van der Waals surface area (Å²) in [4.78, 5) is 4.39. The molecule has 0 aliphatic heterocycles. The zero-order valence-electron chi connectivity index (χ0n) is 12.6. The van der Waals surface area contributed by atoms with Crippen molar-refractivity contribution in [2.75, 3.05) is 6.54 Å². The summed E-state index contributed by atoms with van der Waals surface area (Å²) in [6, 6.07) is 8.99. The van der Waals surface area contributed by atoms with Gasteiger partial charge in [-0.15, -0.1) is 0 Å². The van der Waals surface area contributed by atoms with Crippen LogP contribution in [0.3, 0.4) is 0 Å². The van der Waals surface area contributed by atoms with Crippen molar-refractivity contribution >= 4 is 0 Å². The number of hydrogen-bond donors (Lipinski definition) is 1. The highest BCUT2D eigenvalue weighted by molar-refractivity contribution is 5.25. The van der Waals surface area contributed by atoms with Gasteiger partial charge < -0.3 is 5.32 Å². The number of benzene rings is 1. The quantitative estimate of drug-likeness (QED) is 0.842. The summed E-state index contributed by atoms with van der Waals surface area (Å²) in [6.07, 6.45) is 3.64. The maximum absolute atomic E-state index is 4.39. The third kappa shape index (κ3) is 3.67. The summed E-state index contributed by atoms with van der Waals surface area (Å²) < 4.78 is 1.97. The molecule has 1 aromatic carbocycles. The van der Waals surface area contributed by atoms with Crippen molar-refractivity contribution in [3.63, 3.8) is 0 Å². The summed E-state index contributed by atoms with van der Waals surface area (Å²) >= 11 is 0. The minimum atomic E-state index is 0.296. The third-order valence-electron chi connectivity index (χ3n) is 3.47. The van der Waals surface area contributed by atoms with E-state index < -0.39 is 0 Å². The summed E-state index contributed by atoms with van der Waals surface area (Å²) in [6.45, 7) is 8.30. The van der Waals surface area contributed by atoms with Gasteiger partial charge in [0.25, 0.3) is 0 Å². The molecule has 2 rings (SSSR count). The molecule has 1 N–H and O–H groups in total. The molecule has 0 radical (unpaired) electrons. The van der Waals surface area contributed by atoms with E-state index in [0.717, 1.165) is 31.8 Å². The fourth-order valence-corrected chi connectivity index (χ4v) is 2.41. The number of aromatic nitrogens is 3. The molecule has 2 aromatic rings. The maximum atomic E-state index is 4.39. The minimum Gasteiger partial charge on any atom is -0.310 e. The van der Waals surface area contributed by atoms with Crippen LogP contribution in [0.4, 0.5) is 0 Å². The van der Waals surface area contributed by atoms with E-state index in [1.165, 1.54) is 11.1 Å². The lowest BCUT2D eigenvalue weighted by Crippen LogP contribution is -2.25. The van der Waals surface area contributed by atoms with Crippen LogP contribution in [0.5, 0.6) is 0 Å². The highest BCUT2D eigenvalue weighted by Crippen LogP contribution is 2.18. The SMILES string of the molecule is CCCNC(Cc1ncnn1CC)c1cccc(C)c1. The van der Waals surface area contributed by atoms with Crippen molar-refractivity contribution in [3.8, 4) is 0 Å². The van der Waals surface area contributed by atoms with Crippen LogP contribution in [0.1, 0.15) is 43.3 Å². The van der Waals surface area contributed by atoms with Crippen LogP contribution < -0.4 is 5.32 Å². The van der Waals surface area contributed by atoms with Crippen LogP contribution in [0.2, 0.25) is 0 Å². The molecule has 0 spiro atoms. The van der Waals surface area contributed by atoms with Crippen molar-refractivity contribution in [2.24, 2.45) is 0 Å². The van der Waals surface area contributed by atoms with Crippen LogP contribution in [0, 0.1) is 6.92 Å². The average Bonchev–Trinajstić information content (AvgIpc) is 2.90. The smallest absolute Gasteiger partial charge is 0.138 e. The lowest BCUT2D eigenvalue weighted by atomic mass is 10.0. The third-order valence-corrected chi connectivity index (χ3v) is 3.47. The molecule has 0 bridgehead atoms. The molecule has 108 valence electrons. The Morgan fingerprint density at radius 1 is 1.30 bits per heavy atom. The molecular formula is C16H24N4. The first-order valence-electron chi connectivity index (χ1n) is 7.41. The molecule has 4 heteroatoms. The van der Waals surface area contributed by atoms with E-state index in [-0.39, 0.29) is 0 Å². The van der Waals surface area contributed by atoms with Crippen molar-refractivity contribution in [2.45, 2.75) is 46.2 Å². The number of hydrogen-bond acceptors (Lipinski definition) is 3. The van der Waals surface area contributed by atoms with Gasteiger partial charge >= 0.3 is 0 Å². The van der Waals surface area contributed by atoms with Gasteiger partial charge in [-0.25, -0.2) is 4.98 Å². The Labute approximate surface area is 121 Å². The average molecular weight is 272 g/mol. The summed E-state index contributed by atoms with van der Waals surface area (Å²) in [7, 11) is 0. The Hall–Kier alpha value is -1.68. The molecule has 0 saturated heterocycles. The summed E-state index contributed by atoms with van der Waals surface area (Å²) in [5.41, 5.74) is 2.62. The normalized spacial score (nSPS) is 12.6. The second kappa shape index (κ2) is 7.20. The zero-order chi connectivity index (χ0) is 14.4. The first-order valence-corrected chi connectivity index (χ1v) is 7.41. The van der Waals surface area contributed by atoms with Gasteiger partial charge in [-0.2, -0.15) is 5.10 Å². The molecule has 1 aromatic heterocycles. The van der Waals surface area contributed by atoms with Gasteiger partial charge in [0.15, 0.2) is 0 Å². The van der Waals surface area contributed by atoms with Crippen LogP contribution in [0.15, 0.2) is 30.6 Å². The highest BCUT2D eigenvalue weighted by atomic mass is 15.3. The van der Waals surface area contributed by atoms with Crippen molar-refractivity contribution in [3.05, 3.63) is 47.5 Å².